The number of carbonyl (C=O) groups is 2. The highest BCUT2D eigenvalue weighted by atomic mass is 32.1. The molecule has 0 unspecified atom stereocenters. The molecule has 0 aliphatic carbocycles. The number of methoxy groups -OCH3 is 3. The molecule has 2 heterocycles. The van der Waals surface area contributed by atoms with E-state index in [0.717, 1.165) is 11.3 Å². The first kappa shape index (κ1) is 22.3. The molecule has 0 fully saturated rings. The number of aromatic nitrogens is 2. The quantitative estimate of drug-likeness (QED) is 0.529. The molecule has 1 amide bonds. The zero-order valence-electron chi connectivity index (χ0n) is 17.7. The van der Waals surface area contributed by atoms with Gasteiger partial charge in [-0.3, -0.25) is 19.0 Å². The lowest BCUT2D eigenvalue weighted by Gasteiger charge is -2.14. The lowest BCUT2D eigenvalue weighted by Crippen LogP contribution is -2.24. The number of benzene rings is 1. The van der Waals surface area contributed by atoms with Crippen LogP contribution in [0.1, 0.15) is 28.1 Å². The van der Waals surface area contributed by atoms with Crippen molar-refractivity contribution in [2.24, 2.45) is 5.73 Å². The van der Waals surface area contributed by atoms with Gasteiger partial charge in [0.25, 0.3) is 11.5 Å². The summed E-state index contributed by atoms with van der Waals surface area (Å²) in [4.78, 5) is 42.1. The zero-order valence-corrected chi connectivity index (χ0v) is 18.5. The van der Waals surface area contributed by atoms with Crippen LogP contribution in [-0.2, 0) is 16.1 Å². The minimum Gasteiger partial charge on any atom is -0.493 e. The third-order valence-corrected chi connectivity index (χ3v) is 6.11. The van der Waals surface area contributed by atoms with Gasteiger partial charge in [-0.2, -0.15) is 0 Å². The normalized spacial score (nSPS) is 10.8. The second kappa shape index (κ2) is 9.17. The number of carbonyl (C=O) groups excluding carboxylic acids is 2. The fraction of sp³-hybridized carbons (Fsp3) is 0.333. The lowest BCUT2D eigenvalue weighted by molar-refractivity contribution is -0.140. The zero-order chi connectivity index (χ0) is 22.7. The van der Waals surface area contributed by atoms with E-state index in [4.69, 9.17) is 15.2 Å². The number of primary amides is 1. The number of hydrogen-bond acceptors (Lipinski definition) is 8. The summed E-state index contributed by atoms with van der Waals surface area (Å²) in [5, 5.41) is 0.348. The highest BCUT2D eigenvalue weighted by Crippen LogP contribution is 2.33. The molecule has 31 heavy (non-hydrogen) atoms. The van der Waals surface area contributed by atoms with E-state index in [-0.39, 0.29) is 24.5 Å². The van der Waals surface area contributed by atoms with Crippen molar-refractivity contribution in [3.63, 3.8) is 0 Å². The van der Waals surface area contributed by atoms with Gasteiger partial charge in [0.2, 0.25) is 0 Å². The maximum absolute atomic E-state index is 13.4. The molecule has 10 heteroatoms. The molecule has 0 saturated carbocycles. The Balaban J connectivity index is 2.22. The number of aryl methyl sites for hydroxylation is 1. The first-order valence-corrected chi connectivity index (χ1v) is 10.3. The molecule has 0 saturated heterocycles. The number of rotatable bonds is 8. The Labute approximate surface area is 182 Å². The Kier molecular flexibility index (Phi) is 6.59. The van der Waals surface area contributed by atoms with Gasteiger partial charge in [-0.25, -0.2) is 4.98 Å². The maximum Gasteiger partial charge on any atom is 0.305 e. The van der Waals surface area contributed by atoms with Crippen LogP contribution in [0.5, 0.6) is 11.5 Å². The second-order valence-corrected chi connectivity index (χ2v) is 7.74. The number of nitrogens with two attached hydrogens (primary N) is 1. The van der Waals surface area contributed by atoms with E-state index in [0.29, 0.717) is 50.0 Å². The molecule has 3 rings (SSSR count). The van der Waals surface area contributed by atoms with E-state index in [2.05, 4.69) is 9.72 Å². The lowest BCUT2D eigenvalue weighted by atomic mass is 10.1. The van der Waals surface area contributed by atoms with Gasteiger partial charge in [-0.15, -0.1) is 11.3 Å². The fourth-order valence-corrected chi connectivity index (χ4v) is 4.36. The number of hydrogen-bond donors (Lipinski definition) is 1. The highest BCUT2D eigenvalue weighted by Gasteiger charge is 2.21. The monoisotopic (exact) mass is 445 g/mol. The maximum atomic E-state index is 13.4. The van der Waals surface area contributed by atoms with E-state index in [1.165, 1.54) is 25.9 Å². The van der Waals surface area contributed by atoms with Gasteiger partial charge in [0.15, 0.2) is 11.5 Å². The van der Waals surface area contributed by atoms with Crippen LogP contribution >= 0.6 is 11.3 Å². The topological polar surface area (TPSA) is 123 Å². The first-order chi connectivity index (χ1) is 14.8. The third kappa shape index (κ3) is 4.24. The van der Waals surface area contributed by atoms with Crippen molar-refractivity contribution in [3.8, 4) is 22.9 Å². The van der Waals surface area contributed by atoms with Gasteiger partial charge in [-0.05, 0) is 37.1 Å². The minimum atomic E-state index is -0.607. The molecule has 1 aromatic carbocycles. The van der Waals surface area contributed by atoms with Crippen LogP contribution in [-0.4, -0.2) is 42.8 Å². The van der Waals surface area contributed by atoms with Crippen molar-refractivity contribution in [1.82, 2.24) is 9.55 Å². The van der Waals surface area contributed by atoms with Gasteiger partial charge in [0, 0.05) is 18.5 Å². The average molecular weight is 445 g/mol. The molecule has 164 valence electrons. The van der Waals surface area contributed by atoms with E-state index in [9.17, 15) is 14.4 Å². The van der Waals surface area contributed by atoms with Crippen molar-refractivity contribution in [3.05, 3.63) is 39.0 Å². The van der Waals surface area contributed by atoms with Crippen LogP contribution in [0.25, 0.3) is 21.6 Å². The number of ether oxygens (including phenoxy) is 3. The standard InChI is InChI=1S/C21H23N3O6S/c1-11-16-20(31-17(11)18(22)26)23-19(12-7-8-13(28-2)14(10-12)29-3)24(21(16)27)9-5-6-15(25)30-4/h7-8,10H,5-6,9H2,1-4H3,(H2,22,26). The first-order valence-electron chi connectivity index (χ1n) is 9.45. The van der Waals surface area contributed by atoms with Crippen LogP contribution in [0.4, 0.5) is 0 Å². The number of fused-ring (bicyclic) bond motifs is 1. The van der Waals surface area contributed by atoms with E-state index in [1.807, 2.05) is 0 Å². The summed E-state index contributed by atoms with van der Waals surface area (Å²) >= 11 is 1.08. The molecule has 0 aliphatic rings. The Morgan fingerprint density at radius 2 is 1.87 bits per heavy atom. The SMILES string of the molecule is COC(=O)CCCn1c(-c2ccc(OC)c(OC)c2)nc2sc(C(N)=O)c(C)c2c1=O. The number of nitrogens with zero attached hydrogens (tertiary/aromatic N) is 2. The summed E-state index contributed by atoms with van der Waals surface area (Å²) in [6.07, 6.45) is 0.535. The van der Waals surface area contributed by atoms with Crippen LogP contribution in [0.3, 0.4) is 0 Å². The molecule has 2 N–H and O–H groups in total. The van der Waals surface area contributed by atoms with Crippen molar-refractivity contribution in [1.29, 1.82) is 0 Å². The molecule has 0 atom stereocenters. The fourth-order valence-electron chi connectivity index (χ4n) is 3.34. The Morgan fingerprint density at radius 3 is 2.48 bits per heavy atom. The van der Waals surface area contributed by atoms with Crippen molar-refractivity contribution in [2.75, 3.05) is 21.3 Å². The van der Waals surface area contributed by atoms with Gasteiger partial charge in [0.05, 0.1) is 31.6 Å². The Hall–Kier alpha value is -3.40. The summed E-state index contributed by atoms with van der Waals surface area (Å²) in [7, 11) is 4.37. The molecular formula is C21H23N3O6S. The summed E-state index contributed by atoms with van der Waals surface area (Å²) in [6, 6.07) is 5.21. The van der Waals surface area contributed by atoms with Crippen molar-refractivity contribution < 1.29 is 23.8 Å². The summed E-state index contributed by atoms with van der Waals surface area (Å²) in [5.41, 5.74) is 6.29. The summed E-state index contributed by atoms with van der Waals surface area (Å²) in [5.74, 6) is 0.438. The van der Waals surface area contributed by atoms with E-state index >= 15 is 0 Å². The predicted molar refractivity (Wildman–Crippen MR) is 117 cm³/mol. The number of amides is 1. The van der Waals surface area contributed by atoms with Crippen molar-refractivity contribution in [2.45, 2.75) is 26.3 Å². The smallest absolute Gasteiger partial charge is 0.305 e. The molecule has 3 aromatic rings. The Bertz CT molecular complexity index is 1210. The molecule has 0 radical (unpaired) electrons. The summed E-state index contributed by atoms with van der Waals surface area (Å²) < 4.78 is 16.8. The average Bonchev–Trinajstić information content (AvgIpc) is 3.11. The third-order valence-electron chi connectivity index (χ3n) is 4.91. The number of esters is 1. The molecule has 0 spiro atoms. The molecule has 2 aromatic heterocycles. The molecule has 0 aliphatic heterocycles. The largest absolute Gasteiger partial charge is 0.493 e. The van der Waals surface area contributed by atoms with E-state index in [1.54, 1.807) is 25.1 Å². The van der Waals surface area contributed by atoms with Gasteiger partial charge in [-0.1, -0.05) is 0 Å². The molecular weight excluding hydrogens is 422 g/mol. The summed E-state index contributed by atoms with van der Waals surface area (Å²) in [6.45, 7) is 1.92. The van der Waals surface area contributed by atoms with Crippen molar-refractivity contribution >= 4 is 33.4 Å². The highest BCUT2D eigenvalue weighted by molar-refractivity contribution is 7.20. The molecule has 0 bridgehead atoms. The predicted octanol–water partition coefficient (Wildman–Crippen LogP) is 2.50. The minimum absolute atomic E-state index is 0.154. The van der Waals surface area contributed by atoms with Crippen LogP contribution in [0.15, 0.2) is 23.0 Å². The Morgan fingerprint density at radius 1 is 1.16 bits per heavy atom. The second-order valence-electron chi connectivity index (χ2n) is 6.74. The van der Waals surface area contributed by atoms with Crippen LogP contribution < -0.4 is 20.8 Å². The van der Waals surface area contributed by atoms with Crippen LogP contribution in [0.2, 0.25) is 0 Å². The van der Waals surface area contributed by atoms with Gasteiger partial charge in [0.1, 0.15) is 10.7 Å². The number of thiophene rings is 1. The van der Waals surface area contributed by atoms with Crippen LogP contribution in [0, 0.1) is 6.92 Å². The van der Waals surface area contributed by atoms with E-state index < -0.39 is 5.91 Å². The van der Waals surface area contributed by atoms with Gasteiger partial charge < -0.3 is 19.9 Å². The van der Waals surface area contributed by atoms with Gasteiger partial charge >= 0.3 is 5.97 Å². The molecule has 9 nitrogen and oxygen atoms in total.